The zero-order valence-corrected chi connectivity index (χ0v) is 11.3. The molecule has 1 aliphatic heterocycles. The molecule has 0 spiro atoms. The summed E-state index contributed by atoms with van der Waals surface area (Å²) in [4.78, 5) is 5.52. The lowest BCUT2D eigenvalue weighted by molar-refractivity contribution is 0.0853. The van der Waals surface area contributed by atoms with Crippen LogP contribution in [0.1, 0.15) is 11.9 Å². The molecule has 2 aromatic heterocycles. The van der Waals surface area contributed by atoms with E-state index < -0.39 is 0 Å². The van der Waals surface area contributed by atoms with E-state index in [0.717, 1.165) is 16.4 Å². The van der Waals surface area contributed by atoms with Crippen molar-refractivity contribution < 1.29 is 9.47 Å². The largest absolute Gasteiger partial charge is 0.485 e. The molecular weight excluding hydrogens is 274 g/mol. The molecule has 100 valence electrons. The Morgan fingerprint density at radius 3 is 2.90 bits per heavy atom. The van der Waals surface area contributed by atoms with Gasteiger partial charge in [0.1, 0.15) is 6.61 Å². The van der Waals surface area contributed by atoms with Crippen molar-refractivity contribution in [3.63, 3.8) is 0 Å². The molecule has 0 saturated heterocycles. The molecule has 0 aliphatic carbocycles. The highest BCUT2D eigenvalue weighted by molar-refractivity contribution is 7.13. The van der Waals surface area contributed by atoms with Gasteiger partial charge in [-0.2, -0.15) is 5.10 Å². The number of benzene rings is 1. The Morgan fingerprint density at radius 2 is 2.05 bits per heavy atom. The van der Waals surface area contributed by atoms with E-state index in [-0.39, 0.29) is 6.10 Å². The minimum Gasteiger partial charge on any atom is -0.485 e. The second-order valence-corrected chi connectivity index (χ2v) is 5.33. The molecule has 0 amide bonds. The molecule has 3 heterocycles. The normalized spacial score (nSPS) is 17.1. The summed E-state index contributed by atoms with van der Waals surface area (Å²) < 4.78 is 11.6. The zero-order chi connectivity index (χ0) is 13.4. The average Bonchev–Trinajstić information content (AvgIpc) is 3.17. The molecule has 5 nitrogen and oxygen atoms in total. The van der Waals surface area contributed by atoms with Crippen molar-refractivity contribution in [1.82, 2.24) is 15.2 Å². The van der Waals surface area contributed by atoms with Gasteiger partial charge < -0.3 is 9.47 Å². The number of ether oxygens (including phenoxy) is 2. The van der Waals surface area contributed by atoms with Gasteiger partial charge in [0.25, 0.3) is 0 Å². The third kappa shape index (κ3) is 1.94. The van der Waals surface area contributed by atoms with E-state index in [4.69, 9.17) is 9.47 Å². The highest BCUT2D eigenvalue weighted by Gasteiger charge is 2.25. The molecule has 0 fully saturated rings. The summed E-state index contributed by atoms with van der Waals surface area (Å²) in [6, 6.07) is 11.6. The first-order chi connectivity index (χ1) is 9.90. The van der Waals surface area contributed by atoms with Gasteiger partial charge in [-0.25, -0.2) is 4.98 Å². The van der Waals surface area contributed by atoms with E-state index in [0.29, 0.717) is 18.3 Å². The molecule has 0 saturated carbocycles. The number of hydrogen-bond acceptors (Lipinski definition) is 5. The molecule has 20 heavy (non-hydrogen) atoms. The van der Waals surface area contributed by atoms with Crippen LogP contribution in [0.15, 0.2) is 41.8 Å². The van der Waals surface area contributed by atoms with E-state index >= 15 is 0 Å². The molecule has 1 aromatic carbocycles. The van der Waals surface area contributed by atoms with Crippen molar-refractivity contribution >= 4 is 11.3 Å². The van der Waals surface area contributed by atoms with Gasteiger partial charge in [0.05, 0.1) is 4.88 Å². The maximum absolute atomic E-state index is 5.89. The fraction of sp³-hybridized carbons (Fsp3) is 0.143. The van der Waals surface area contributed by atoms with Crippen molar-refractivity contribution in [3.05, 3.63) is 47.6 Å². The summed E-state index contributed by atoms with van der Waals surface area (Å²) in [6.45, 7) is 0.427. The van der Waals surface area contributed by atoms with Crippen LogP contribution < -0.4 is 9.47 Å². The predicted molar refractivity (Wildman–Crippen MR) is 75.0 cm³/mol. The Bertz CT molecular complexity index is 724. The van der Waals surface area contributed by atoms with Gasteiger partial charge in [0.15, 0.2) is 29.3 Å². The van der Waals surface area contributed by atoms with Crippen molar-refractivity contribution in [2.24, 2.45) is 0 Å². The van der Waals surface area contributed by atoms with Crippen LogP contribution >= 0.6 is 11.3 Å². The Hall–Kier alpha value is -2.34. The summed E-state index contributed by atoms with van der Waals surface area (Å²) in [5.41, 5.74) is 0. The second kappa shape index (κ2) is 4.64. The zero-order valence-electron chi connectivity index (χ0n) is 10.4. The quantitative estimate of drug-likeness (QED) is 0.786. The van der Waals surface area contributed by atoms with Gasteiger partial charge in [-0.3, -0.25) is 5.10 Å². The molecule has 1 aliphatic rings. The fourth-order valence-corrected chi connectivity index (χ4v) is 2.75. The lowest BCUT2D eigenvalue weighted by Gasteiger charge is -2.24. The topological polar surface area (TPSA) is 60.0 Å². The molecule has 6 heteroatoms. The molecule has 1 atom stereocenters. The number of nitrogens with one attached hydrogen (secondary N) is 1. The molecule has 1 unspecified atom stereocenters. The number of nitrogens with zero attached hydrogens (tertiary/aromatic N) is 2. The van der Waals surface area contributed by atoms with Crippen molar-refractivity contribution in [2.75, 3.05) is 6.61 Å². The number of aromatic nitrogens is 3. The van der Waals surface area contributed by atoms with E-state index in [2.05, 4.69) is 15.2 Å². The van der Waals surface area contributed by atoms with Crippen LogP contribution in [0.4, 0.5) is 0 Å². The minimum absolute atomic E-state index is 0.258. The average molecular weight is 285 g/mol. The van der Waals surface area contributed by atoms with Crippen molar-refractivity contribution in [1.29, 1.82) is 0 Å². The van der Waals surface area contributed by atoms with Crippen LogP contribution in [0.2, 0.25) is 0 Å². The summed E-state index contributed by atoms with van der Waals surface area (Å²) in [5.74, 6) is 2.87. The fourth-order valence-electron chi connectivity index (χ4n) is 2.09. The first-order valence-corrected chi connectivity index (χ1v) is 7.13. The third-order valence-corrected chi connectivity index (χ3v) is 3.92. The maximum Gasteiger partial charge on any atom is 0.191 e. The van der Waals surface area contributed by atoms with Crippen LogP contribution in [0, 0.1) is 0 Å². The summed E-state index contributed by atoms with van der Waals surface area (Å²) >= 11 is 1.61. The van der Waals surface area contributed by atoms with E-state index in [1.165, 1.54) is 0 Å². The summed E-state index contributed by atoms with van der Waals surface area (Å²) in [5, 5.41) is 9.17. The molecule has 4 rings (SSSR count). The van der Waals surface area contributed by atoms with Crippen molar-refractivity contribution in [2.45, 2.75) is 6.10 Å². The van der Waals surface area contributed by atoms with E-state index in [1.54, 1.807) is 11.3 Å². The van der Waals surface area contributed by atoms with Crippen molar-refractivity contribution in [3.8, 4) is 22.2 Å². The molecule has 1 N–H and O–H groups in total. The van der Waals surface area contributed by atoms with E-state index in [9.17, 15) is 0 Å². The van der Waals surface area contributed by atoms with Crippen LogP contribution in [0.25, 0.3) is 10.7 Å². The lowest BCUT2D eigenvalue weighted by Crippen LogP contribution is -2.22. The van der Waals surface area contributed by atoms with Crippen LogP contribution in [0.5, 0.6) is 11.5 Å². The Labute approximate surface area is 119 Å². The SMILES string of the molecule is c1csc(-c2n[nH]c(C3COc4ccccc4O3)n2)c1. The number of thiophene rings is 1. The second-order valence-electron chi connectivity index (χ2n) is 4.39. The van der Waals surface area contributed by atoms with Gasteiger partial charge in [-0.15, -0.1) is 11.3 Å². The van der Waals surface area contributed by atoms with E-state index in [1.807, 2.05) is 41.8 Å². The van der Waals surface area contributed by atoms with Gasteiger partial charge in [-0.1, -0.05) is 18.2 Å². The lowest BCUT2D eigenvalue weighted by atomic mass is 10.2. The number of hydrogen-bond donors (Lipinski definition) is 1. The first kappa shape index (κ1) is 11.5. The number of aromatic amines is 1. The van der Waals surface area contributed by atoms with Crippen LogP contribution in [0.3, 0.4) is 0 Å². The number of fused-ring (bicyclic) bond motifs is 1. The highest BCUT2D eigenvalue weighted by atomic mass is 32.1. The molecule has 0 radical (unpaired) electrons. The Balaban J connectivity index is 1.60. The van der Waals surface area contributed by atoms with Crippen LogP contribution in [-0.4, -0.2) is 21.8 Å². The summed E-state index contributed by atoms with van der Waals surface area (Å²) in [7, 11) is 0. The molecule has 0 bridgehead atoms. The third-order valence-electron chi connectivity index (χ3n) is 3.06. The number of rotatable bonds is 2. The van der Waals surface area contributed by atoms with Gasteiger partial charge in [0, 0.05) is 0 Å². The monoisotopic (exact) mass is 285 g/mol. The smallest absolute Gasteiger partial charge is 0.191 e. The highest BCUT2D eigenvalue weighted by Crippen LogP contribution is 2.35. The Morgan fingerprint density at radius 1 is 1.15 bits per heavy atom. The maximum atomic E-state index is 5.89. The number of H-pyrrole nitrogens is 1. The standard InChI is InChI=1S/C14H11N3O2S/c1-2-5-10-9(4-1)18-8-11(19-10)13-15-14(17-16-13)12-6-3-7-20-12/h1-7,11H,8H2,(H,15,16,17). The number of para-hydroxylation sites is 2. The predicted octanol–water partition coefficient (Wildman–Crippen LogP) is 3.05. The Kier molecular flexibility index (Phi) is 2.67. The summed E-state index contributed by atoms with van der Waals surface area (Å²) in [6.07, 6.45) is -0.258. The minimum atomic E-state index is -0.258. The first-order valence-electron chi connectivity index (χ1n) is 6.25. The van der Waals surface area contributed by atoms with Gasteiger partial charge in [-0.05, 0) is 23.6 Å². The van der Waals surface area contributed by atoms with Gasteiger partial charge >= 0.3 is 0 Å². The van der Waals surface area contributed by atoms with Gasteiger partial charge in [0.2, 0.25) is 0 Å². The molecule has 3 aromatic rings. The molecular formula is C14H11N3O2S. The van der Waals surface area contributed by atoms with Crippen LogP contribution in [-0.2, 0) is 0 Å².